The summed E-state index contributed by atoms with van der Waals surface area (Å²) < 4.78 is 51.2. The van der Waals surface area contributed by atoms with Crippen LogP contribution in [0.4, 0.5) is 18.9 Å². The average molecular weight is 384 g/mol. The van der Waals surface area contributed by atoms with Gasteiger partial charge in [0.25, 0.3) is 5.91 Å². The monoisotopic (exact) mass is 384 g/mol. The van der Waals surface area contributed by atoms with Crippen LogP contribution in [-0.4, -0.2) is 54.8 Å². The van der Waals surface area contributed by atoms with E-state index in [1.807, 2.05) is 4.90 Å². The Hall–Kier alpha value is -1.97. The Morgan fingerprint density at radius 2 is 1.67 bits per heavy atom. The molecule has 3 heterocycles. The number of rotatable bonds is 2. The molecule has 27 heavy (non-hydrogen) atoms. The van der Waals surface area contributed by atoms with Gasteiger partial charge in [-0.2, -0.15) is 13.2 Å². The first-order chi connectivity index (χ1) is 12.8. The number of hydrogen-bond donors (Lipinski definition) is 0. The lowest BCUT2D eigenvalue weighted by molar-refractivity contribution is -0.188. The van der Waals surface area contributed by atoms with Crippen LogP contribution in [0.1, 0.15) is 24.8 Å². The Labute approximate surface area is 153 Å². The van der Waals surface area contributed by atoms with E-state index in [1.54, 1.807) is 0 Å². The van der Waals surface area contributed by atoms with Crippen molar-refractivity contribution in [1.82, 2.24) is 4.90 Å². The highest BCUT2D eigenvalue weighted by Gasteiger charge is 2.48. The summed E-state index contributed by atoms with van der Waals surface area (Å²) in [7, 11) is 0. The second-order valence-electron chi connectivity index (χ2n) is 6.95. The Morgan fingerprint density at radius 3 is 2.30 bits per heavy atom. The highest BCUT2D eigenvalue weighted by molar-refractivity contribution is 6.22. The number of nitrogens with zero attached hydrogens (tertiary/aromatic N) is 2. The van der Waals surface area contributed by atoms with Gasteiger partial charge in [0.1, 0.15) is 0 Å². The van der Waals surface area contributed by atoms with Crippen molar-refractivity contribution in [2.24, 2.45) is 0 Å². The van der Waals surface area contributed by atoms with E-state index >= 15 is 0 Å². The van der Waals surface area contributed by atoms with Crippen LogP contribution >= 0.6 is 0 Å². The molecule has 4 rings (SSSR count). The maximum atomic E-state index is 13.3. The van der Waals surface area contributed by atoms with Crippen LogP contribution in [0.5, 0.6) is 0 Å². The minimum absolute atomic E-state index is 0.125. The molecule has 0 aliphatic carbocycles. The molecule has 0 radical (unpaired) electrons. The van der Waals surface area contributed by atoms with Crippen molar-refractivity contribution in [2.45, 2.75) is 37.3 Å². The number of imide groups is 1. The quantitative estimate of drug-likeness (QED) is 0.732. The lowest BCUT2D eigenvalue weighted by Crippen LogP contribution is -2.51. The maximum Gasteiger partial charge on any atom is 0.418 e. The van der Waals surface area contributed by atoms with Gasteiger partial charge in [-0.05, 0) is 12.1 Å². The molecular weight excluding hydrogens is 365 g/mol. The normalized spacial score (nSPS) is 26.3. The van der Waals surface area contributed by atoms with Gasteiger partial charge in [0.05, 0.1) is 36.9 Å². The summed E-state index contributed by atoms with van der Waals surface area (Å²) in [6, 6.07) is 3.91. The molecule has 3 fully saturated rings. The number of carbonyl (C=O) groups is 2. The SMILES string of the molecule is O=C1C[C@@H](N2CCC3(CC2)OCCO3)C(=O)N1c1ccccc1C(F)(F)F. The van der Waals surface area contributed by atoms with E-state index in [2.05, 4.69) is 0 Å². The highest BCUT2D eigenvalue weighted by atomic mass is 19.4. The third-order valence-corrected chi connectivity index (χ3v) is 5.39. The fourth-order valence-corrected chi connectivity index (χ4v) is 4.02. The molecule has 1 atom stereocenters. The zero-order valence-corrected chi connectivity index (χ0v) is 14.5. The lowest BCUT2D eigenvalue weighted by atomic mass is 10.0. The Kier molecular flexibility index (Phi) is 4.48. The highest BCUT2D eigenvalue weighted by Crippen LogP contribution is 2.39. The van der Waals surface area contributed by atoms with E-state index in [4.69, 9.17) is 9.47 Å². The fourth-order valence-electron chi connectivity index (χ4n) is 4.02. The van der Waals surface area contributed by atoms with Crippen LogP contribution in [0.3, 0.4) is 0 Å². The third kappa shape index (κ3) is 3.24. The predicted molar refractivity (Wildman–Crippen MR) is 87.8 cm³/mol. The Bertz CT molecular complexity index is 751. The van der Waals surface area contributed by atoms with Crippen molar-refractivity contribution in [1.29, 1.82) is 0 Å². The van der Waals surface area contributed by atoms with E-state index in [0.29, 0.717) is 44.0 Å². The summed E-state index contributed by atoms with van der Waals surface area (Å²) >= 11 is 0. The number of likely N-dealkylation sites (tertiary alicyclic amines) is 1. The smallest absolute Gasteiger partial charge is 0.347 e. The molecule has 1 aromatic carbocycles. The van der Waals surface area contributed by atoms with E-state index < -0.39 is 41.1 Å². The molecule has 146 valence electrons. The van der Waals surface area contributed by atoms with Gasteiger partial charge < -0.3 is 9.47 Å². The summed E-state index contributed by atoms with van der Waals surface area (Å²) in [6.07, 6.45) is -3.65. The number of anilines is 1. The zero-order chi connectivity index (χ0) is 19.2. The number of benzene rings is 1. The Balaban J connectivity index is 1.54. The predicted octanol–water partition coefficient (Wildman–Crippen LogP) is 2.18. The van der Waals surface area contributed by atoms with Crippen LogP contribution in [0.25, 0.3) is 0 Å². The van der Waals surface area contributed by atoms with Crippen LogP contribution in [-0.2, 0) is 25.2 Å². The standard InChI is InChI=1S/C18H19F3N2O4/c19-18(20,21)12-3-1-2-4-13(12)23-15(24)11-14(16(23)25)22-7-5-17(6-8-22)26-9-10-27-17/h1-4,14H,5-11H2/t14-/m1/s1. The first kappa shape index (κ1) is 18.4. The number of carbonyl (C=O) groups excluding carboxylic acids is 2. The average Bonchev–Trinajstić information content (AvgIpc) is 3.20. The van der Waals surface area contributed by atoms with E-state index in [9.17, 15) is 22.8 Å². The summed E-state index contributed by atoms with van der Waals surface area (Å²) in [6.45, 7) is 2.03. The molecule has 2 amide bonds. The van der Waals surface area contributed by atoms with E-state index in [1.165, 1.54) is 12.1 Å². The molecule has 3 saturated heterocycles. The van der Waals surface area contributed by atoms with Gasteiger partial charge in [0.15, 0.2) is 5.79 Å². The number of hydrogen-bond acceptors (Lipinski definition) is 5. The minimum Gasteiger partial charge on any atom is -0.347 e. The van der Waals surface area contributed by atoms with Crippen LogP contribution in [0.2, 0.25) is 0 Å². The third-order valence-electron chi connectivity index (χ3n) is 5.39. The van der Waals surface area contributed by atoms with E-state index in [-0.39, 0.29) is 6.42 Å². The van der Waals surface area contributed by atoms with Gasteiger partial charge in [0.2, 0.25) is 5.91 Å². The van der Waals surface area contributed by atoms with Gasteiger partial charge in [-0.15, -0.1) is 0 Å². The maximum absolute atomic E-state index is 13.3. The van der Waals surface area contributed by atoms with Gasteiger partial charge in [-0.25, -0.2) is 4.90 Å². The molecule has 3 aliphatic rings. The molecule has 0 saturated carbocycles. The molecule has 1 aromatic rings. The molecule has 3 aliphatic heterocycles. The topological polar surface area (TPSA) is 59.1 Å². The zero-order valence-electron chi connectivity index (χ0n) is 14.5. The van der Waals surface area contributed by atoms with Crippen molar-refractivity contribution in [2.75, 3.05) is 31.2 Å². The number of alkyl halides is 3. The van der Waals surface area contributed by atoms with Crippen molar-refractivity contribution in [3.05, 3.63) is 29.8 Å². The van der Waals surface area contributed by atoms with Crippen molar-refractivity contribution in [3.63, 3.8) is 0 Å². The van der Waals surface area contributed by atoms with Crippen LogP contribution in [0, 0.1) is 0 Å². The first-order valence-corrected chi connectivity index (χ1v) is 8.86. The molecular formula is C18H19F3N2O4. The number of para-hydroxylation sites is 1. The van der Waals surface area contributed by atoms with Crippen LogP contribution < -0.4 is 4.90 Å². The number of amides is 2. The lowest BCUT2D eigenvalue weighted by Gasteiger charge is -2.39. The van der Waals surface area contributed by atoms with E-state index in [0.717, 1.165) is 12.1 Å². The molecule has 1 spiro atoms. The fraction of sp³-hybridized carbons (Fsp3) is 0.556. The van der Waals surface area contributed by atoms with Crippen molar-refractivity contribution in [3.8, 4) is 0 Å². The molecule has 9 heteroatoms. The summed E-state index contributed by atoms with van der Waals surface area (Å²) in [4.78, 5) is 27.8. The van der Waals surface area contributed by atoms with Crippen molar-refractivity contribution < 1.29 is 32.2 Å². The molecule has 0 unspecified atom stereocenters. The van der Waals surface area contributed by atoms with Gasteiger partial charge in [-0.3, -0.25) is 14.5 Å². The summed E-state index contributed by atoms with van der Waals surface area (Å²) in [5.74, 6) is -1.85. The molecule has 6 nitrogen and oxygen atoms in total. The number of piperidine rings is 1. The largest absolute Gasteiger partial charge is 0.418 e. The second kappa shape index (κ2) is 6.57. The summed E-state index contributed by atoms with van der Waals surface area (Å²) in [5.41, 5.74) is -1.39. The number of halogens is 3. The van der Waals surface area contributed by atoms with Gasteiger partial charge in [-0.1, -0.05) is 12.1 Å². The van der Waals surface area contributed by atoms with Crippen molar-refractivity contribution >= 4 is 17.5 Å². The summed E-state index contributed by atoms with van der Waals surface area (Å²) in [5, 5.41) is 0. The van der Waals surface area contributed by atoms with Gasteiger partial charge >= 0.3 is 6.18 Å². The first-order valence-electron chi connectivity index (χ1n) is 8.86. The molecule has 0 bridgehead atoms. The minimum atomic E-state index is -4.65. The Morgan fingerprint density at radius 1 is 1.04 bits per heavy atom. The van der Waals surface area contributed by atoms with Crippen LogP contribution in [0.15, 0.2) is 24.3 Å². The number of ether oxygens (including phenoxy) is 2. The molecule has 0 aromatic heterocycles. The van der Waals surface area contributed by atoms with Gasteiger partial charge in [0, 0.05) is 25.9 Å². The molecule has 0 N–H and O–H groups in total. The second-order valence-corrected chi connectivity index (χ2v) is 6.95.